The molecule has 0 aromatic heterocycles. The summed E-state index contributed by atoms with van der Waals surface area (Å²) in [5.41, 5.74) is -0.392. The lowest BCUT2D eigenvalue weighted by Crippen LogP contribution is -2.25. The maximum Gasteiger partial charge on any atom is 0.303 e. The third kappa shape index (κ3) is 5.09. The Morgan fingerprint density at radius 1 is 1.38 bits per heavy atom. The zero-order valence-corrected chi connectivity index (χ0v) is 11.5. The Labute approximate surface area is 120 Å². The number of aliphatic carboxylic acids is 1. The number of carboxylic acid groups (broad SMARTS) is 1. The largest absolute Gasteiger partial charge is 0.497 e. The van der Waals surface area contributed by atoms with E-state index in [0.717, 1.165) is 0 Å². The number of carbonyl (C=O) groups excluding carboxylic acids is 1. The van der Waals surface area contributed by atoms with Crippen LogP contribution in [0.1, 0.15) is 29.6 Å². The number of carboxylic acids is 1. The van der Waals surface area contributed by atoms with Crippen LogP contribution in [-0.4, -0.2) is 35.6 Å². The van der Waals surface area contributed by atoms with Crippen molar-refractivity contribution in [3.8, 4) is 5.75 Å². The first-order valence-electron chi connectivity index (χ1n) is 6.28. The zero-order chi connectivity index (χ0) is 15.8. The average Bonchev–Trinajstić information content (AvgIpc) is 2.45. The highest BCUT2D eigenvalue weighted by atomic mass is 16.6. The number of nitro benzene ring substituents is 1. The molecule has 0 radical (unpaired) electrons. The predicted molar refractivity (Wildman–Crippen MR) is 73.5 cm³/mol. The fourth-order valence-electron chi connectivity index (χ4n) is 1.68. The van der Waals surface area contributed by atoms with Gasteiger partial charge in [0.05, 0.1) is 12.0 Å². The molecule has 1 rings (SSSR count). The van der Waals surface area contributed by atoms with Crippen molar-refractivity contribution in [2.75, 3.05) is 13.7 Å². The smallest absolute Gasteiger partial charge is 0.303 e. The number of hydrogen-bond acceptors (Lipinski definition) is 5. The highest BCUT2D eigenvalue weighted by Crippen LogP contribution is 2.23. The lowest BCUT2D eigenvalue weighted by molar-refractivity contribution is -0.385. The van der Waals surface area contributed by atoms with Crippen LogP contribution in [-0.2, 0) is 4.79 Å². The van der Waals surface area contributed by atoms with Crippen molar-refractivity contribution in [2.45, 2.75) is 19.3 Å². The minimum absolute atomic E-state index is 0.0230. The molecule has 0 spiro atoms. The zero-order valence-electron chi connectivity index (χ0n) is 11.5. The highest BCUT2D eigenvalue weighted by molar-refractivity contribution is 5.98. The van der Waals surface area contributed by atoms with E-state index in [-0.39, 0.29) is 24.2 Å². The Morgan fingerprint density at radius 2 is 2.10 bits per heavy atom. The van der Waals surface area contributed by atoms with Crippen LogP contribution in [0.2, 0.25) is 0 Å². The summed E-state index contributed by atoms with van der Waals surface area (Å²) in [5, 5.41) is 21.9. The van der Waals surface area contributed by atoms with Crippen LogP contribution in [0.5, 0.6) is 5.75 Å². The molecule has 114 valence electrons. The van der Waals surface area contributed by atoms with Gasteiger partial charge in [-0.1, -0.05) is 0 Å². The third-order valence-electron chi connectivity index (χ3n) is 2.75. The molecule has 0 heterocycles. The van der Waals surface area contributed by atoms with E-state index < -0.39 is 16.8 Å². The van der Waals surface area contributed by atoms with Gasteiger partial charge in [-0.25, -0.2) is 0 Å². The van der Waals surface area contributed by atoms with Gasteiger partial charge in [0, 0.05) is 19.0 Å². The van der Waals surface area contributed by atoms with Crippen LogP contribution in [0.4, 0.5) is 5.69 Å². The summed E-state index contributed by atoms with van der Waals surface area (Å²) >= 11 is 0. The quantitative estimate of drug-likeness (QED) is 0.427. The standard InChI is InChI=1S/C13H16N2O6/c1-21-9-5-6-11(15(19)20)10(8-9)13(18)14-7-3-2-4-12(16)17/h5-6,8H,2-4,7H2,1H3,(H,14,18)(H,16,17). The molecule has 1 aromatic carbocycles. The Hall–Kier alpha value is -2.64. The molecule has 21 heavy (non-hydrogen) atoms. The molecule has 2 N–H and O–H groups in total. The van der Waals surface area contributed by atoms with Gasteiger partial charge in [-0.3, -0.25) is 19.7 Å². The van der Waals surface area contributed by atoms with Gasteiger partial charge >= 0.3 is 5.97 Å². The van der Waals surface area contributed by atoms with Gasteiger partial charge in [-0.05, 0) is 25.0 Å². The van der Waals surface area contributed by atoms with Gasteiger partial charge in [0.2, 0.25) is 0 Å². The van der Waals surface area contributed by atoms with E-state index in [9.17, 15) is 19.7 Å². The molecule has 0 atom stereocenters. The lowest BCUT2D eigenvalue weighted by Gasteiger charge is -2.07. The number of methoxy groups -OCH3 is 1. The molecular weight excluding hydrogens is 280 g/mol. The predicted octanol–water partition coefficient (Wildman–Crippen LogP) is 1.59. The summed E-state index contributed by atoms with van der Waals surface area (Å²) in [6, 6.07) is 3.91. The maximum atomic E-state index is 11.9. The molecule has 0 aliphatic rings. The van der Waals surface area contributed by atoms with Crippen molar-refractivity contribution in [1.82, 2.24) is 5.32 Å². The molecular formula is C13H16N2O6. The number of hydrogen-bond donors (Lipinski definition) is 2. The normalized spacial score (nSPS) is 9.95. The van der Waals surface area contributed by atoms with Crippen molar-refractivity contribution in [2.24, 2.45) is 0 Å². The lowest BCUT2D eigenvalue weighted by atomic mass is 10.1. The maximum absolute atomic E-state index is 11.9. The van der Waals surface area contributed by atoms with E-state index in [1.165, 1.54) is 25.3 Å². The summed E-state index contributed by atoms with van der Waals surface area (Å²) in [5.74, 6) is -1.14. The molecule has 1 aromatic rings. The molecule has 0 unspecified atom stereocenters. The molecule has 0 aliphatic heterocycles. The average molecular weight is 296 g/mol. The Balaban J connectivity index is 2.67. The minimum Gasteiger partial charge on any atom is -0.497 e. The highest BCUT2D eigenvalue weighted by Gasteiger charge is 2.20. The van der Waals surface area contributed by atoms with E-state index in [0.29, 0.717) is 18.6 Å². The number of unbranched alkanes of at least 4 members (excludes halogenated alkanes) is 1. The van der Waals surface area contributed by atoms with E-state index in [1.54, 1.807) is 0 Å². The molecule has 0 bridgehead atoms. The number of carbonyl (C=O) groups is 2. The summed E-state index contributed by atoms with van der Waals surface area (Å²) in [4.78, 5) is 32.5. The minimum atomic E-state index is -0.898. The van der Waals surface area contributed by atoms with Gasteiger partial charge in [0.15, 0.2) is 0 Å². The number of benzene rings is 1. The van der Waals surface area contributed by atoms with Crippen LogP contribution in [0.15, 0.2) is 18.2 Å². The Bertz CT molecular complexity index is 543. The van der Waals surface area contributed by atoms with E-state index in [1.807, 2.05) is 0 Å². The third-order valence-corrected chi connectivity index (χ3v) is 2.75. The number of amides is 1. The molecule has 1 amide bonds. The van der Waals surface area contributed by atoms with Gasteiger partial charge in [0.25, 0.3) is 11.6 Å². The van der Waals surface area contributed by atoms with Gasteiger partial charge in [-0.2, -0.15) is 0 Å². The summed E-state index contributed by atoms with van der Waals surface area (Å²) < 4.78 is 4.94. The summed E-state index contributed by atoms with van der Waals surface area (Å²) in [6.45, 7) is 0.250. The molecule has 0 saturated carbocycles. The summed E-state index contributed by atoms with van der Waals surface area (Å²) in [7, 11) is 1.40. The van der Waals surface area contributed by atoms with Crippen LogP contribution in [0, 0.1) is 10.1 Å². The van der Waals surface area contributed by atoms with E-state index in [4.69, 9.17) is 9.84 Å². The van der Waals surface area contributed by atoms with Gasteiger partial charge < -0.3 is 15.2 Å². The molecule has 0 fully saturated rings. The SMILES string of the molecule is COc1ccc([N+](=O)[O-])c(C(=O)NCCCCC(=O)O)c1. The second-order valence-corrected chi connectivity index (χ2v) is 4.25. The van der Waals surface area contributed by atoms with Crippen molar-refractivity contribution in [3.63, 3.8) is 0 Å². The second kappa shape index (κ2) is 7.83. The van der Waals surface area contributed by atoms with Gasteiger partial charge in [-0.15, -0.1) is 0 Å². The first-order valence-corrected chi connectivity index (χ1v) is 6.28. The molecule has 8 nitrogen and oxygen atoms in total. The number of rotatable bonds is 8. The molecule has 8 heteroatoms. The first-order chi connectivity index (χ1) is 9.95. The fraction of sp³-hybridized carbons (Fsp3) is 0.385. The van der Waals surface area contributed by atoms with E-state index in [2.05, 4.69) is 5.32 Å². The van der Waals surface area contributed by atoms with Crippen LogP contribution < -0.4 is 10.1 Å². The molecule has 0 saturated heterocycles. The Kier molecular flexibility index (Phi) is 6.12. The van der Waals surface area contributed by atoms with Crippen molar-refractivity contribution in [1.29, 1.82) is 0 Å². The van der Waals surface area contributed by atoms with Gasteiger partial charge in [0.1, 0.15) is 11.3 Å². The van der Waals surface area contributed by atoms with Crippen molar-refractivity contribution < 1.29 is 24.4 Å². The Morgan fingerprint density at radius 3 is 2.67 bits per heavy atom. The number of nitrogens with zero attached hydrogens (tertiary/aromatic N) is 1. The number of nitro groups is 1. The topological polar surface area (TPSA) is 119 Å². The fourth-order valence-corrected chi connectivity index (χ4v) is 1.68. The van der Waals surface area contributed by atoms with Crippen LogP contribution >= 0.6 is 0 Å². The first kappa shape index (κ1) is 16.4. The number of ether oxygens (including phenoxy) is 1. The second-order valence-electron chi connectivity index (χ2n) is 4.25. The molecule has 0 aliphatic carbocycles. The van der Waals surface area contributed by atoms with Crippen LogP contribution in [0.25, 0.3) is 0 Å². The van der Waals surface area contributed by atoms with Crippen LogP contribution in [0.3, 0.4) is 0 Å². The van der Waals surface area contributed by atoms with E-state index >= 15 is 0 Å². The van der Waals surface area contributed by atoms with Crippen molar-refractivity contribution >= 4 is 17.6 Å². The summed E-state index contributed by atoms with van der Waals surface area (Å²) in [6.07, 6.45) is 0.931. The number of nitrogens with one attached hydrogen (secondary N) is 1. The monoisotopic (exact) mass is 296 g/mol. The van der Waals surface area contributed by atoms with Crippen molar-refractivity contribution in [3.05, 3.63) is 33.9 Å².